The summed E-state index contributed by atoms with van der Waals surface area (Å²) in [7, 11) is -3.73. The molecule has 1 saturated carbocycles. The Morgan fingerprint density at radius 1 is 1.33 bits per heavy atom. The molecule has 0 saturated heterocycles. The Hall–Kier alpha value is -1.42. The molecule has 1 aromatic rings. The van der Waals surface area contributed by atoms with Crippen LogP contribution in [0, 0.1) is 23.6 Å². The Labute approximate surface area is 124 Å². The molecule has 0 spiro atoms. The van der Waals surface area contributed by atoms with E-state index >= 15 is 0 Å². The topological polar surface area (TPSA) is 66.4 Å². The van der Waals surface area contributed by atoms with E-state index in [4.69, 9.17) is 5.11 Å². The van der Waals surface area contributed by atoms with E-state index in [0.29, 0.717) is 12.5 Å². The molecule has 1 aliphatic rings. The van der Waals surface area contributed by atoms with Crippen molar-refractivity contribution < 1.29 is 17.9 Å². The second-order valence-corrected chi connectivity index (χ2v) is 6.84. The number of aliphatic hydroxyl groups is 1. The lowest BCUT2D eigenvalue weighted by Gasteiger charge is -2.12. The SMILES string of the molecule is O=S(=O)(NCC1CCCC1)c1ccc(F)cc1C#CCO. The lowest BCUT2D eigenvalue weighted by molar-refractivity contribution is 0.350. The molecular weight excluding hydrogens is 293 g/mol. The number of rotatable bonds is 4. The molecule has 0 amide bonds. The van der Waals surface area contributed by atoms with Crippen LogP contribution in [0.5, 0.6) is 0 Å². The maximum absolute atomic E-state index is 13.2. The maximum atomic E-state index is 13.2. The fraction of sp³-hybridized carbons (Fsp3) is 0.467. The molecule has 2 N–H and O–H groups in total. The average molecular weight is 311 g/mol. The van der Waals surface area contributed by atoms with Gasteiger partial charge in [0.1, 0.15) is 12.4 Å². The van der Waals surface area contributed by atoms with Crippen LogP contribution in [0.15, 0.2) is 23.1 Å². The summed E-state index contributed by atoms with van der Waals surface area (Å²) >= 11 is 0. The van der Waals surface area contributed by atoms with Gasteiger partial charge in [-0.1, -0.05) is 24.7 Å². The van der Waals surface area contributed by atoms with Crippen molar-refractivity contribution in [3.63, 3.8) is 0 Å². The van der Waals surface area contributed by atoms with E-state index in [-0.39, 0.29) is 10.5 Å². The lowest BCUT2D eigenvalue weighted by Crippen LogP contribution is -2.29. The van der Waals surface area contributed by atoms with Crippen molar-refractivity contribution in [3.8, 4) is 11.8 Å². The first-order valence-electron chi connectivity index (χ1n) is 6.92. The molecule has 0 aromatic heterocycles. The number of hydrogen-bond acceptors (Lipinski definition) is 3. The zero-order chi connectivity index (χ0) is 15.3. The second kappa shape index (κ2) is 7.03. The van der Waals surface area contributed by atoms with Crippen molar-refractivity contribution in [1.82, 2.24) is 4.72 Å². The predicted octanol–water partition coefficient (Wildman–Crippen LogP) is 1.64. The van der Waals surface area contributed by atoms with Crippen LogP contribution < -0.4 is 4.72 Å². The van der Waals surface area contributed by atoms with Gasteiger partial charge in [-0.25, -0.2) is 17.5 Å². The minimum absolute atomic E-state index is 0.0529. The molecule has 4 nitrogen and oxygen atoms in total. The molecule has 0 atom stereocenters. The van der Waals surface area contributed by atoms with E-state index in [2.05, 4.69) is 16.6 Å². The van der Waals surface area contributed by atoms with E-state index in [1.165, 1.54) is 6.07 Å². The minimum Gasteiger partial charge on any atom is -0.384 e. The Morgan fingerprint density at radius 2 is 2.05 bits per heavy atom. The van der Waals surface area contributed by atoms with Gasteiger partial charge >= 0.3 is 0 Å². The molecule has 2 rings (SSSR count). The van der Waals surface area contributed by atoms with E-state index in [1.54, 1.807) is 0 Å². The number of benzene rings is 1. The first-order chi connectivity index (χ1) is 10.0. The minimum atomic E-state index is -3.73. The van der Waals surface area contributed by atoms with Gasteiger partial charge in [0.15, 0.2) is 0 Å². The normalized spacial score (nSPS) is 15.7. The number of aliphatic hydroxyl groups excluding tert-OH is 1. The van der Waals surface area contributed by atoms with E-state index in [0.717, 1.165) is 37.8 Å². The van der Waals surface area contributed by atoms with Crippen molar-refractivity contribution in [3.05, 3.63) is 29.6 Å². The summed E-state index contributed by atoms with van der Waals surface area (Å²) < 4.78 is 40.5. The van der Waals surface area contributed by atoms with Crippen LogP contribution >= 0.6 is 0 Å². The third-order valence-corrected chi connectivity index (χ3v) is 5.05. The van der Waals surface area contributed by atoms with Gasteiger partial charge in [-0.2, -0.15) is 0 Å². The molecule has 0 radical (unpaired) electrons. The van der Waals surface area contributed by atoms with Crippen molar-refractivity contribution in [2.24, 2.45) is 5.92 Å². The molecule has 1 fully saturated rings. The van der Waals surface area contributed by atoms with Crippen LogP contribution in [0.3, 0.4) is 0 Å². The number of nitrogens with one attached hydrogen (secondary N) is 1. The smallest absolute Gasteiger partial charge is 0.241 e. The van der Waals surface area contributed by atoms with Crippen LogP contribution in [0.4, 0.5) is 4.39 Å². The zero-order valence-corrected chi connectivity index (χ0v) is 12.4. The van der Waals surface area contributed by atoms with Crippen molar-refractivity contribution in [1.29, 1.82) is 0 Å². The highest BCUT2D eigenvalue weighted by Gasteiger charge is 2.21. The van der Waals surface area contributed by atoms with Gasteiger partial charge in [-0.3, -0.25) is 0 Å². The highest BCUT2D eigenvalue weighted by atomic mass is 32.2. The Morgan fingerprint density at radius 3 is 2.71 bits per heavy atom. The standard InChI is InChI=1S/C15H18FNO3S/c16-14-7-8-15(13(10-14)6-3-9-18)21(19,20)17-11-12-4-1-2-5-12/h7-8,10,12,17-18H,1-2,4-5,9,11H2. The molecule has 0 bridgehead atoms. The molecule has 21 heavy (non-hydrogen) atoms. The summed E-state index contributed by atoms with van der Waals surface area (Å²) in [5, 5.41) is 8.71. The van der Waals surface area contributed by atoms with Crippen LogP contribution in [-0.2, 0) is 10.0 Å². The second-order valence-electron chi connectivity index (χ2n) is 5.10. The van der Waals surface area contributed by atoms with Gasteiger partial charge in [0.05, 0.1) is 4.90 Å². The number of halogens is 1. The van der Waals surface area contributed by atoms with Gasteiger partial charge in [0, 0.05) is 12.1 Å². The van der Waals surface area contributed by atoms with Gasteiger partial charge in [-0.05, 0) is 37.0 Å². The Balaban J connectivity index is 2.21. The molecule has 6 heteroatoms. The largest absolute Gasteiger partial charge is 0.384 e. The molecular formula is C15H18FNO3S. The molecule has 0 aliphatic heterocycles. The van der Waals surface area contributed by atoms with Crippen molar-refractivity contribution >= 4 is 10.0 Å². The predicted molar refractivity (Wildman–Crippen MR) is 77.5 cm³/mol. The van der Waals surface area contributed by atoms with Crippen LogP contribution in [0.1, 0.15) is 31.2 Å². The van der Waals surface area contributed by atoms with Gasteiger partial charge in [0.2, 0.25) is 10.0 Å². The Kier molecular flexibility index (Phi) is 5.34. The average Bonchev–Trinajstić information content (AvgIpc) is 2.96. The van der Waals surface area contributed by atoms with Crippen LogP contribution in [0.25, 0.3) is 0 Å². The summed E-state index contributed by atoms with van der Waals surface area (Å²) in [6, 6.07) is 3.36. The number of hydrogen-bond donors (Lipinski definition) is 2. The monoisotopic (exact) mass is 311 g/mol. The van der Waals surface area contributed by atoms with Crippen molar-refractivity contribution in [2.75, 3.05) is 13.2 Å². The van der Waals surface area contributed by atoms with Crippen molar-refractivity contribution in [2.45, 2.75) is 30.6 Å². The first kappa shape index (κ1) is 16.0. The first-order valence-corrected chi connectivity index (χ1v) is 8.40. The summed E-state index contributed by atoms with van der Waals surface area (Å²) in [5.74, 6) is 4.63. The lowest BCUT2D eigenvalue weighted by atomic mass is 10.1. The fourth-order valence-corrected chi connectivity index (χ4v) is 3.75. The molecule has 0 unspecified atom stereocenters. The molecule has 0 heterocycles. The van der Waals surface area contributed by atoms with Gasteiger partial charge in [-0.15, -0.1) is 0 Å². The molecule has 1 aromatic carbocycles. The molecule has 114 valence electrons. The zero-order valence-electron chi connectivity index (χ0n) is 11.6. The summed E-state index contributed by atoms with van der Waals surface area (Å²) in [4.78, 5) is -0.0529. The highest BCUT2D eigenvalue weighted by molar-refractivity contribution is 7.89. The van der Waals surface area contributed by atoms with E-state index in [9.17, 15) is 12.8 Å². The molecule has 1 aliphatic carbocycles. The van der Waals surface area contributed by atoms with E-state index < -0.39 is 22.4 Å². The summed E-state index contributed by atoms with van der Waals surface area (Å²) in [6.07, 6.45) is 4.33. The summed E-state index contributed by atoms with van der Waals surface area (Å²) in [6.45, 7) is -0.0158. The quantitative estimate of drug-likeness (QED) is 0.831. The van der Waals surface area contributed by atoms with Gasteiger partial charge in [0.25, 0.3) is 0 Å². The van der Waals surface area contributed by atoms with Crippen LogP contribution in [0.2, 0.25) is 0 Å². The fourth-order valence-electron chi connectivity index (χ4n) is 2.49. The third-order valence-electron chi connectivity index (χ3n) is 3.57. The Bertz CT molecular complexity index is 655. The summed E-state index contributed by atoms with van der Waals surface area (Å²) in [5.41, 5.74) is 0.0583. The maximum Gasteiger partial charge on any atom is 0.241 e. The van der Waals surface area contributed by atoms with Gasteiger partial charge < -0.3 is 5.11 Å². The third kappa shape index (κ3) is 4.27. The highest BCUT2D eigenvalue weighted by Crippen LogP contribution is 2.24. The van der Waals surface area contributed by atoms with E-state index in [1.807, 2.05) is 0 Å². The van der Waals surface area contributed by atoms with Crippen LogP contribution in [-0.4, -0.2) is 26.7 Å². The number of sulfonamides is 1.